The Kier molecular flexibility index (Phi) is 7.68. The summed E-state index contributed by atoms with van der Waals surface area (Å²) < 4.78 is 5.80. The van der Waals surface area contributed by atoms with Crippen LogP contribution < -0.4 is 15.4 Å². The van der Waals surface area contributed by atoms with E-state index in [1.165, 1.54) is 19.8 Å². The minimum absolute atomic E-state index is 0.157. The molecular weight excluding hydrogens is 328 g/mol. The molecule has 2 rings (SSSR count). The average molecular weight is 354 g/mol. The number of carbonyl (C=O) groups is 2. The molecular formula is C21H26N2O3. The van der Waals surface area contributed by atoms with E-state index in [1.807, 2.05) is 18.2 Å². The van der Waals surface area contributed by atoms with Crippen molar-refractivity contribution in [3.8, 4) is 5.75 Å². The normalized spacial score (nSPS) is 10.2. The van der Waals surface area contributed by atoms with Crippen molar-refractivity contribution in [1.29, 1.82) is 0 Å². The van der Waals surface area contributed by atoms with E-state index in [0.717, 1.165) is 12.8 Å². The van der Waals surface area contributed by atoms with Crippen molar-refractivity contribution < 1.29 is 14.3 Å². The molecule has 0 aliphatic rings. The highest BCUT2D eigenvalue weighted by atomic mass is 16.5. The van der Waals surface area contributed by atoms with Gasteiger partial charge in [-0.2, -0.15) is 0 Å². The Labute approximate surface area is 154 Å². The van der Waals surface area contributed by atoms with Crippen LogP contribution in [0.3, 0.4) is 0 Å². The summed E-state index contributed by atoms with van der Waals surface area (Å²) in [6, 6.07) is 14.3. The topological polar surface area (TPSA) is 67.4 Å². The van der Waals surface area contributed by atoms with Gasteiger partial charge in [0.1, 0.15) is 5.75 Å². The van der Waals surface area contributed by atoms with Crippen LogP contribution in [0.2, 0.25) is 0 Å². The van der Waals surface area contributed by atoms with Gasteiger partial charge in [-0.1, -0.05) is 44.4 Å². The van der Waals surface area contributed by atoms with E-state index in [9.17, 15) is 9.59 Å². The molecule has 0 bridgehead atoms. The van der Waals surface area contributed by atoms with Gasteiger partial charge in [0.2, 0.25) is 5.91 Å². The summed E-state index contributed by atoms with van der Waals surface area (Å²) in [7, 11) is 0. The van der Waals surface area contributed by atoms with E-state index in [-0.39, 0.29) is 11.8 Å². The lowest BCUT2D eigenvalue weighted by Gasteiger charge is -2.12. The predicted molar refractivity (Wildman–Crippen MR) is 105 cm³/mol. The fraction of sp³-hybridized carbons (Fsp3) is 0.333. The number of unbranched alkanes of at least 4 members (excludes halogenated alkanes) is 3. The van der Waals surface area contributed by atoms with Crippen molar-refractivity contribution in [2.45, 2.75) is 39.5 Å². The number of nitrogens with one attached hydrogen (secondary N) is 2. The molecule has 0 atom stereocenters. The van der Waals surface area contributed by atoms with E-state index in [4.69, 9.17) is 4.74 Å². The molecule has 2 N–H and O–H groups in total. The van der Waals surface area contributed by atoms with Gasteiger partial charge in [0.15, 0.2) is 0 Å². The Morgan fingerprint density at radius 3 is 2.38 bits per heavy atom. The van der Waals surface area contributed by atoms with E-state index in [0.29, 0.717) is 29.3 Å². The van der Waals surface area contributed by atoms with Gasteiger partial charge in [-0.3, -0.25) is 9.59 Å². The van der Waals surface area contributed by atoms with Crippen LogP contribution in [0.15, 0.2) is 48.5 Å². The molecule has 0 unspecified atom stereocenters. The molecule has 0 radical (unpaired) electrons. The molecule has 0 aromatic heterocycles. The molecule has 5 nitrogen and oxygen atoms in total. The van der Waals surface area contributed by atoms with Gasteiger partial charge in [-0.25, -0.2) is 0 Å². The zero-order chi connectivity index (χ0) is 18.8. The number of carbonyl (C=O) groups excluding carboxylic acids is 2. The van der Waals surface area contributed by atoms with Crippen LogP contribution in [-0.4, -0.2) is 18.4 Å². The lowest BCUT2D eigenvalue weighted by Crippen LogP contribution is -2.14. The zero-order valence-corrected chi connectivity index (χ0v) is 15.4. The van der Waals surface area contributed by atoms with Crippen LogP contribution in [0.25, 0.3) is 0 Å². The molecule has 0 aliphatic heterocycles. The van der Waals surface area contributed by atoms with Crippen LogP contribution in [0.1, 0.15) is 49.9 Å². The number of ether oxygens (including phenoxy) is 1. The van der Waals surface area contributed by atoms with E-state index < -0.39 is 0 Å². The number of para-hydroxylation sites is 1. The molecule has 2 aromatic carbocycles. The highest BCUT2D eigenvalue weighted by molar-refractivity contribution is 6.06. The summed E-state index contributed by atoms with van der Waals surface area (Å²) in [6.07, 6.45) is 4.47. The zero-order valence-electron chi connectivity index (χ0n) is 15.4. The lowest BCUT2D eigenvalue weighted by molar-refractivity contribution is -0.114. The predicted octanol–water partition coefficient (Wildman–Crippen LogP) is 4.86. The van der Waals surface area contributed by atoms with Crippen molar-refractivity contribution in [2.75, 3.05) is 17.2 Å². The maximum absolute atomic E-state index is 12.6. The van der Waals surface area contributed by atoms with Crippen LogP contribution >= 0.6 is 0 Å². The van der Waals surface area contributed by atoms with Crippen LogP contribution in [-0.2, 0) is 4.79 Å². The number of rotatable bonds is 9. The molecule has 2 amide bonds. The quantitative estimate of drug-likeness (QED) is 0.632. The Morgan fingerprint density at radius 2 is 1.65 bits per heavy atom. The third-order valence-corrected chi connectivity index (χ3v) is 3.83. The SMILES string of the molecule is CCCCCCOc1ccccc1C(=O)Nc1cccc(NC(C)=O)c1. The smallest absolute Gasteiger partial charge is 0.259 e. The van der Waals surface area contributed by atoms with Crippen molar-refractivity contribution in [3.05, 3.63) is 54.1 Å². The largest absolute Gasteiger partial charge is 0.493 e. The molecule has 0 fully saturated rings. The van der Waals surface area contributed by atoms with Gasteiger partial charge >= 0.3 is 0 Å². The summed E-state index contributed by atoms with van der Waals surface area (Å²) in [5, 5.41) is 5.55. The second kappa shape index (κ2) is 10.2. The van der Waals surface area contributed by atoms with Gasteiger partial charge in [-0.05, 0) is 36.8 Å². The summed E-state index contributed by atoms with van der Waals surface area (Å²) >= 11 is 0. The van der Waals surface area contributed by atoms with Crippen LogP contribution in [0.5, 0.6) is 5.75 Å². The highest BCUT2D eigenvalue weighted by Crippen LogP contribution is 2.21. The first-order valence-corrected chi connectivity index (χ1v) is 9.01. The van der Waals surface area contributed by atoms with Crippen molar-refractivity contribution >= 4 is 23.2 Å². The Hall–Kier alpha value is -2.82. The molecule has 5 heteroatoms. The van der Waals surface area contributed by atoms with E-state index in [1.54, 1.807) is 30.3 Å². The maximum Gasteiger partial charge on any atom is 0.259 e. The molecule has 138 valence electrons. The number of benzene rings is 2. The van der Waals surface area contributed by atoms with Crippen molar-refractivity contribution in [2.24, 2.45) is 0 Å². The maximum atomic E-state index is 12.6. The second-order valence-corrected chi connectivity index (χ2v) is 6.12. The molecule has 2 aromatic rings. The van der Waals surface area contributed by atoms with E-state index >= 15 is 0 Å². The number of hydrogen-bond acceptors (Lipinski definition) is 3. The van der Waals surface area contributed by atoms with Crippen molar-refractivity contribution in [1.82, 2.24) is 0 Å². The number of anilines is 2. The fourth-order valence-corrected chi connectivity index (χ4v) is 2.57. The number of amides is 2. The number of hydrogen-bond donors (Lipinski definition) is 2. The van der Waals surface area contributed by atoms with Gasteiger partial charge in [0.25, 0.3) is 5.91 Å². The van der Waals surface area contributed by atoms with Gasteiger partial charge in [-0.15, -0.1) is 0 Å². The Balaban J connectivity index is 2.02. The molecule has 0 spiro atoms. The standard InChI is InChI=1S/C21H26N2O3/c1-3-4-5-8-14-26-20-13-7-6-12-19(20)21(25)23-18-11-9-10-17(15-18)22-16(2)24/h6-7,9-13,15H,3-5,8,14H2,1-2H3,(H,22,24)(H,23,25). The monoisotopic (exact) mass is 354 g/mol. The van der Waals surface area contributed by atoms with Gasteiger partial charge in [0, 0.05) is 18.3 Å². The van der Waals surface area contributed by atoms with Gasteiger partial charge in [0.05, 0.1) is 12.2 Å². The lowest BCUT2D eigenvalue weighted by atomic mass is 10.1. The first-order valence-electron chi connectivity index (χ1n) is 9.01. The fourth-order valence-electron chi connectivity index (χ4n) is 2.57. The molecule has 0 saturated heterocycles. The summed E-state index contributed by atoms with van der Waals surface area (Å²) in [5.41, 5.74) is 1.74. The van der Waals surface area contributed by atoms with Gasteiger partial charge < -0.3 is 15.4 Å². The third-order valence-electron chi connectivity index (χ3n) is 3.83. The Bertz CT molecular complexity index is 744. The highest BCUT2D eigenvalue weighted by Gasteiger charge is 2.12. The molecule has 0 aliphatic carbocycles. The van der Waals surface area contributed by atoms with E-state index in [2.05, 4.69) is 17.6 Å². The molecule has 0 saturated carbocycles. The minimum atomic E-state index is -0.242. The van der Waals surface area contributed by atoms with Crippen LogP contribution in [0, 0.1) is 0 Å². The average Bonchev–Trinajstić information content (AvgIpc) is 2.61. The minimum Gasteiger partial charge on any atom is -0.493 e. The molecule has 0 heterocycles. The third kappa shape index (κ3) is 6.24. The summed E-state index contributed by atoms with van der Waals surface area (Å²) in [5.74, 6) is 0.184. The second-order valence-electron chi connectivity index (χ2n) is 6.12. The Morgan fingerprint density at radius 1 is 0.923 bits per heavy atom. The molecule has 26 heavy (non-hydrogen) atoms. The van der Waals surface area contributed by atoms with Crippen molar-refractivity contribution in [3.63, 3.8) is 0 Å². The summed E-state index contributed by atoms with van der Waals surface area (Å²) in [4.78, 5) is 23.8. The summed E-state index contributed by atoms with van der Waals surface area (Å²) in [6.45, 7) is 4.21. The first-order chi connectivity index (χ1) is 12.6. The first kappa shape index (κ1) is 19.5. The van der Waals surface area contributed by atoms with Crippen LogP contribution in [0.4, 0.5) is 11.4 Å².